The van der Waals surface area contributed by atoms with Gasteiger partial charge in [0.05, 0.1) is 25.3 Å². The minimum Gasteiger partial charge on any atom is -0.497 e. The first kappa shape index (κ1) is 22.9. The van der Waals surface area contributed by atoms with Crippen LogP contribution in [-0.2, 0) is 22.6 Å². The average Bonchev–Trinajstić information content (AvgIpc) is 3.48. The molecule has 0 unspecified atom stereocenters. The molecule has 0 saturated carbocycles. The van der Waals surface area contributed by atoms with E-state index in [0.29, 0.717) is 31.1 Å². The summed E-state index contributed by atoms with van der Waals surface area (Å²) < 4.78 is 14.0. The summed E-state index contributed by atoms with van der Waals surface area (Å²) in [5, 5.41) is 4.01. The van der Waals surface area contributed by atoms with Crippen molar-refractivity contribution < 1.29 is 19.1 Å². The van der Waals surface area contributed by atoms with Crippen LogP contribution < -0.4 is 10.1 Å². The zero-order valence-electron chi connectivity index (χ0n) is 19.3. The van der Waals surface area contributed by atoms with Crippen LogP contribution in [0.4, 0.5) is 0 Å². The van der Waals surface area contributed by atoms with E-state index in [2.05, 4.69) is 21.2 Å². The summed E-state index contributed by atoms with van der Waals surface area (Å²) in [5.41, 5.74) is 1.32. The molecule has 3 heterocycles. The number of nitrogens with zero attached hydrogens (tertiary/aromatic N) is 2. The zero-order chi connectivity index (χ0) is 23.9. The van der Waals surface area contributed by atoms with Gasteiger partial charge in [-0.05, 0) is 55.7 Å². The van der Waals surface area contributed by atoms with E-state index in [1.165, 1.54) is 0 Å². The number of aromatic nitrogens is 1. The maximum Gasteiger partial charge on any atom is 0.271 e. The molecule has 0 radical (unpaired) electrons. The van der Waals surface area contributed by atoms with Crippen LogP contribution in [0.3, 0.4) is 0 Å². The first-order valence-electron chi connectivity index (χ1n) is 11.5. The second kappa shape index (κ2) is 9.07. The predicted octanol–water partition coefficient (Wildman–Crippen LogP) is 4.12. The molecule has 2 atom stereocenters. The minimum absolute atomic E-state index is 0.0256. The molecular weight excluding hydrogens is 498 g/mol. The number of carbonyl (C=O) groups excluding carboxylic acids is 2. The third kappa shape index (κ3) is 4.09. The summed E-state index contributed by atoms with van der Waals surface area (Å²) in [6.07, 6.45) is 1.97. The molecule has 34 heavy (non-hydrogen) atoms. The molecule has 1 aromatic heterocycles. The molecule has 1 fully saturated rings. The van der Waals surface area contributed by atoms with Crippen molar-refractivity contribution in [1.29, 1.82) is 0 Å². The third-order valence-electron chi connectivity index (χ3n) is 6.87. The van der Waals surface area contributed by atoms with Gasteiger partial charge < -0.3 is 24.3 Å². The smallest absolute Gasteiger partial charge is 0.271 e. The fraction of sp³-hybridized carbons (Fsp3) is 0.385. The first-order chi connectivity index (χ1) is 16.4. The first-order valence-corrected chi connectivity index (χ1v) is 12.3. The summed E-state index contributed by atoms with van der Waals surface area (Å²) in [6, 6.07) is 15.5. The molecular formula is C26H28BrN3O4. The van der Waals surface area contributed by atoms with E-state index in [1.54, 1.807) is 12.0 Å². The Kier molecular flexibility index (Phi) is 6.12. The zero-order valence-corrected chi connectivity index (χ0v) is 20.9. The topological polar surface area (TPSA) is 72.8 Å². The molecule has 178 valence electrons. The van der Waals surface area contributed by atoms with Crippen molar-refractivity contribution in [2.75, 3.05) is 20.3 Å². The van der Waals surface area contributed by atoms with E-state index < -0.39 is 5.54 Å². The number of hydrogen-bond donors (Lipinski definition) is 1. The second-order valence-corrected chi connectivity index (χ2v) is 10.1. The van der Waals surface area contributed by atoms with Crippen molar-refractivity contribution in [3.05, 3.63) is 64.3 Å². The van der Waals surface area contributed by atoms with Crippen molar-refractivity contribution in [2.45, 2.75) is 44.5 Å². The number of rotatable bonds is 6. The molecule has 0 spiro atoms. The highest BCUT2D eigenvalue weighted by molar-refractivity contribution is 9.10. The van der Waals surface area contributed by atoms with Gasteiger partial charge in [0.25, 0.3) is 5.91 Å². The molecule has 8 heteroatoms. The Hall–Kier alpha value is -2.84. The van der Waals surface area contributed by atoms with Gasteiger partial charge in [-0.2, -0.15) is 0 Å². The average molecular weight is 526 g/mol. The van der Waals surface area contributed by atoms with E-state index >= 15 is 0 Å². The van der Waals surface area contributed by atoms with Crippen LogP contribution in [0.15, 0.2) is 53.0 Å². The Morgan fingerprint density at radius 2 is 2.12 bits per heavy atom. The molecule has 2 aliphatic heterocycles. The molecule has 1 saturated heterocycles. The molecule has 3 aromatic rings. The quantitative estimate of drug-likeness (QED) is 0.525. The highest BCUT2D eigenvalue weighted by Gasteiger charge is 2.47. The Morgan fingerprint density at radius 3 is 2.85 bits per heavy atom. The van der Waals surface area contributed by atoms with Crippen molar-refractivity contribution >= 4 is 38.6 Å². The normalized spacial score (nSPS) is 22.1. The van der Waals surface area contributed by atoms with E-state index in [9.17, 15) is 9.59 Å². The van der Waals surface area contributed by atoms with Crippen molar-refractivity contribution in [2.24, 2.45) is 0 Å². The lowest BCUT2D eigenvalue weighted by molar-refractivity contribution is -0.133. The summed E-state index contributed by atoms with van der Waals surface area (Å²) in [4.78, 5) is 29.2. The maximum atomic E-state index is 13.9. The number of methoxy groups -OCH3 is 1. The SMILES string of the molecule is COc1ccc2cc3n(c2c1)C[C@@](C)(C(=O)NC[C@H]1CCCO1)N(Cc1cccc(Br)c1)C3=O. The second-order valence-electron chi connectivity index (χ2n) is 9.18. The van der Waals surface area contributed by atoms with Crippen LogP contribution in [0.5, 0.6) is 5.75 Å². The molecule has 2 amide bonds. The maximum absolute atomic E-state index is 13.9. The number of hydrogen-bond acceptors (Lipinski definition) is 4. The Balaban J connectivity index is 1.54. The van der Waals surface area contributed by atoms with Gasteiger partial charge >= 0.3 is 0 Å². The number of nitrogens with one attached hydrogen (secondary N) is 1. The molecule has 7 nitrogen and oxygen atoms in total. The summed E-state index contributed by atoms with van der Waals surface area (Å²) in [7, 11) is 1.62. The number of fused-ring (bicyclic) bond motifs is 3. The lowest BCUT2D eigenvalue weighted by atomic mass is 9.93. The monoisotopic (exact) mass is 525 g/mol. The molecule has 0 bridgehead atoms. The number of halogens is 1. The van der Waals surface area contributed by atoms with Gasteiger partial charge in [0.2, 0.25) is 5.91 Å². The predicted molar refractivity (Wildman–Crippen MR) is 133 cm³/mol. The molecule has 0 aliphatic carbocycles. The van der Waals surface area contributed by atoms with E-state index in [1.807, 2.05) is 60.0 Å². The highest BCUT2D eigenvalue weighted by Crippen LogP contribution is 2.35. The number of carbonyl (C=O) groups is 2. The van der Waals surface area contributed by atoms with Gasteiger partial charge in [0.15, 0.2) is 0 Å². The summed E-state index contributed by atoms with van der Waals surface area (Å²) in [5.74, 6) is 0.361. The largest absolute Gasteiger partial charge is 0.497 e. The van der Waals surface area contributed by atoms with Gasteiger partial charge in [-0.3, -0.25) is 9.59 Å². The van der Waals surface area contributed by atoms with Gasteiger partial charge in [0, 0.05) is 35.6 Å². The van der Waals surface area contributed by atoms with E-state index in [-0.39, 0.29) is 17.9 Å². The Morgan fingerprint density at radius 1 is 1.26 bits per heavy atom. The number of benzene rings is 2. The van der Waals surface area contributed by atoms with Crippen LogP contribution in [-0.4, -0.2) is 53.2 Å². The van der Waals surface area contributed by atoms with E-state index in [4.69, 9.17) is 9.47 Å². The number of ether oxygens (including phenoxy) is 2. The minimum atomic E-state index is -1.08. The Labute approximate surface area is 207 Å². The molecule has 5 rings (SSSR count). The van der Waals surface area contributed by atoms with Crippen LogP contribution >= 0.6 is 15.9 Å². The van der Waals surface area contributed by atoms with Crippen molar-refractivity contribution in [1.82, 2.24) is 14.8 Å². The van der Waals surface area contributed by atoms with Gasteiger partial charge in [-0.25, -0.2) is 0 Å². The fourth-order valence-electron chi connectivity index (χ4n) is 4.93. The van der Waals surface area contributed by atoms with Crippen molar-refractivity contribution in [3.63, 3.8) is 0 Å². The Bertz CT molecular complexity index is 1250. The summed E-state index contributed by atoms with van der Waals surface area (Å²) >= 11 is 3.51. The summed E-state index contributed by atoms with van der Waals surface area (Å²) in [6.45, 7) is 3.69. The molecule has 2 aliphatic rings. The molecule has 1 N–H and O–H groups in total. The van der Waals surface area contributed by atoms with Gasteiger partial charge in [-0.1, -0.05) is 28.1 Å². The fourth-order valence-corrected chi connectivity index (χ4v) is 5.37. The lowest BCUT2D eigenvalue weighted by Crippen LogP contribution is -2.64. The standard InChI is InChI=1S/C26H28BrN3O4/c1-26(25(32)28-14-21-7-4-10-34-21)16-29-22-13-20(33-2)9-8-18(22)12-23(29)24(31)30(26)15-17-5-3-6-19(27)11-17/h3,5-6,8-9,11-13,21H,4,7,10,14-16H2,1-2H3,(H,28,32)/t21-,26+/m1/s1. The highest BCUT2D eigenvalue weighted by atomic mass is 79.9. The van der Waals surface area contributed by atoms with E-state index in [0.717, 1.165) is 40.4 Å². The third-order valence-corrected chi connectivity index (χ3v) is 7.36. The van der Waals surface area contributed by atoms with Crippen LogP contribution in [0.25, 0.3) is 10.9 Å². The van der Waals surface area contributed by atoms with Crippen LogP contribution in [0, 0.1) is 0 Å². The van der Waals surface area contributed by atoms with Crippen LogP contribution in [0.2, 0.25) is 0 Å². The van der Waals surface area contributed by atoms with Crippen molar-refractivity contribution in [3.8, 4) is 5.75 Å². The molecule has 2 aromatic carbocycles. The van der Waals surface area contributed by atoms with Gasteiger partial charge in [-0.15, -0.1) is 0 Å². The van der Waals surface area contributed by atoms with Crippen LogP contribution in [0.1, 0.15) is 35.8 Å². The lowest BCUT2D eigenvalue weighted by Gasteiger charge is -2.44. The number of amides is 2. The van der Waals surface area contributed by atoms with Gasteiger partial charge in [0.1, 0.15) is 17.0 Å².